The third-order valence-corrected chi connectivity index (χ3v) is 7.82. The molecule has 8 heteroatoms. The average Bonchev–Trinajstić information content (AvgIpc) is 3.54. The van der Waals surface area contributed by atoms with Gasteiger partial charge < -0.3 is 14.5 Å². The summed E-state index contributed by atoms with van der Waals surface area (Å²) in [6.45, 7) is 4.75. The summed E-state index contributed by atoms with van der Waals surface area (Å²) in [7, 11) is 0. The van der Waals surface area contributed by atoms with E-state index in [4.69, 9.17) is 19.8 Å². The van der Waals surface area contributed by atoms with Crippen LogP contribution in [-0.2, 0) is 9.53 Å². The van der Waals surface area contributed by atoms with Crippen molar-refractivity contribution in [2.24, 2.45) is 5.92 Å². The zero-order valence-corrected chi connectivity index (χ0v) is 20.3. The van der Waals surface area contributed by atoms with Gasteiger partial charge in [0.2, 0.25) is 5.91 Å². The number of amides is 1. The monoisotopic (exact) mass is 474 g/mol. The van der Waals surface area contributed by atoms with Crippen molar-refractivity contribution in [1.82, 2.24) is 24.6 Å². The Bertz CT molecular complexity index is 1170. The highest BCUT2D eigenvalue weighted by atomic mass is 16.5. The molecule has 2 aromatic heterocycles. The van der Waals surface area contributed by atoms with Gasteiger partial charge in [-0.25, -0.2) is 14.6 Å². The van der Waals surface area contributed by atoms with Crippen LogP contribution >= 0.6 is 0 Å². The summed E-state index contributed by atoms with van der Waals surface area (Å²) >= 11 is 0. The maximum Gasteiger partial charge on any atom is 0.225 e. The molecular formula is C27H34N6O2. The fourth-order valence-corrected chi connectivity index (χ4v) is 5.83. The third-order valence-electron chi connectivity index (χ3n) is 7.82. The summed E-state index contributed by atoms with van der Waals surface area (Å²) in [4.78, 5) is 27.7. The average molecular weight is 475 g/mol. The molecule has 4 heterocycles. The lowest BCUT2D eigenvalue weighted by molar-refractivity contribution is -0.135. The van der Waals surface area contributed by atoms with Gasteiger partial charge >= 0.3 is 0 Å². The molecule has 0 atom stereocenters. The lowest BCUT2D eigenvalue weighted by Gasteiger charge is -2.26. The summed E-state index contributed by atoms with van der Waals surface area (Å²) in [6.07, 6.45) is 9.21. The Labute approximate surface area is 206 Å². The highest BCUT2D eigenvalue weighted by molar-refractivity contribution is 5.88. The Balaban J connectivity index is 1.34. The number of rotatable bonds is 4. The maximum absolute atomic E-state index is 13.1. The van der Waals surface area contributed by atoms with E-state index in [1.165, 1.54) is 12.8 Å². The normalized spacial score (nSPS) is 20.5. The minimum absolute atomic E-state index is 0.233. The number of carbonyl (C=O) groups is 1. The molecule has 1 saturated carbocycles. The van der Waals surface area contributed by atoms with E-state index in [1.807, 2.05) is 29.1 Å². The molecule has 1 aromatic carbocycles. The van der Waals surface area contributed by atoms with E-state index >= 15 is 0 Å². The molecule has 3 aromatic rings. The Hall–Kier alpha value is -3.00. The van der Waals surface area contributed by atoms with Gasteiger partial charge in [0.15, 0.2) is 5.65 Å². The van der Waals surface area contributed by atoms with Crippen molar-refractivity contribution in [2.75, 3.05) is 44.3 Å². The first kappa shape index (κ1) is 22.5. The SMILES string of the molecule is O=C(C1CCCC1)N1CCCN(c2nc(C3CCOCC3)nc3c2cnn3-c2ccccc2)CC1. The second-order valence-corrected chi connectivity index (χ2v) is 10.1. The zero-order chi connectivity index (χ0) is 23.6. The van der Waals surface area contributed by atoms with Crippen LogP contribution < -0.4 is 4.90 Å². The molecule has 184 valence electrons. The van der Waals surface area contributed by atoms with Crippen molar-refractivity contribution in [3.8, 4) is 5.69 Å². The van der Waals surface area contributed by atoms with Gasteiger partial charge in [0.05, 0.1) is 17.3 Å². The first-order chi connectivity index (χ1) is 17.3. The fraction of sp³-hybridized carbons (Fsp3) is 0.556. The molecule has 8 nitrogen and oxygen atoms in total. The number of benzene rings is 1. The molecule has 0 spiro atoms. The Kier molecular flexibility index (Phi) is 6.37. The molecule has 35 heavy (non-hydrogen) atoms. The molecule has 2 saturated heterocycles. The highest BCUT2D eigenvalue weighted by Gasteiger charge is 2.30. The predicted molar refractivity (Wildman–Crippen MR) is 135 cm³/mol. The molecule has 0 N–H and O–H groups in total. The van der Waals surface area contributed by atoms with Crippen molar-refractivity contribution in [3.05, 3.63) is 42.4 Å². The zero-order valence-electron chi connectivity index (χ0n) is 20.3. The van der Waals surface area contributed by atoms with E-state index in [-0.39, 0.29) is 5.92 Å². The molecule has 1 amide bonds. The van der Waals surface area contributed by atoms with E-state index in [2.05, 4.69) is 21.9 Å². The van der Waals surface area contributed by atoms with Crippen LogP contribution in [0.1, 0.15) is 56.7 Å². The molecule has 0 radical (unpaired) electrons. The molecule has 0 bridgehead atoms. The molecule has 3 fully saturated rings. The Morgan fingerprint density at radius 1 is 0.886 bits per heavy atom. The van der Waals surface area contributed by atoms with Crippen molar-refractivity contribution in [2.45, 2.75) is 50.9 Å². The van der Waals surface area contributed by atoms with Crippen LogP contribution in [0.4, 0.5) is 5.82 Å². The summed E-state index contributed by atoms with van der Waals surface area (Å²) in [6, 6.07) is 10.2. The topological polar surface area (TPSA) is 76.4 Å². The standard InChI is InChI=1S/C27H34N6O2/c34-27(21-7-4-5-8-21)32-14-6-13-31(15-16-32)25-23-19-28-33(22-9-2-1-3-10-22)26(23)30-24(29-25)20-11-17-35-18-12-20/h1-3,9-10,19-21H,4-8,11-18H2. The second kappa shape index (κ2) is 9.93. The van der Waals surface area contributed by atoms with Gasteiger partial charge in [-0.1, -0.05) is 31.0 Å². The highest BCUT2D eigenvalue weighted by Crippen LogP contribution is 2.32. The quantitative estimate of drug-likeness (QED) is 0.570. The number of aromatic nitrogens is 4. The van der Waals surface area contributed by atoms with Gasteiger partial charge in [-0.2, -0.15) is 5.10 Å². The molecule has 0 unspecified atom stereocenters. The van der Waals surface area contributed by atoms with Crippen molar-refractivity contribution in [1.29, 1.82) is 0 Å². The van der Waals surface area contributed by atoms with Crippen molar-refractivity contribution in [3.63, 3.8) is 0 Å². The van der Waals surface area contributed by atoms with E-state index < -0.39 is 0 Å². The van der Waals surface area contributed by atoms with Gasteiger partial charge in [-0.15, -0.1) is 0 Å². The van der Waals surface area contributed by atoms with Gasteiger partial charge in [0.25, 0.3) is 0 Å². The van der Waals surface area contributed by atoms with Gasteiger partial charge in [-0.3, -0.25) is 4.79 Å². The number of carbonyl (C=O) groups excluding carboxylic acids is 1. The number of hydrogen-bond acceptors (Lipinski definition) is 6. The molecule has 3 aliphatic rings. The van der Waals surface area contributed by atoms with Crippen LogP contribution in [0.25, 0.3) is 16.7 Å². The number of fused-ring (bicyclic) bond motifs is 1. The van der Waals surface area contributed by atoms with Crippen molar-refractivity contribution >= 4 is 22.8 Å². The van der Waals surface area contributed by atoms with Crippen LogP contribution in [0, 0.1) is 5.92 Å². The predicted octanol–water partition coefficient (Wildman–Crippen LogP) is 3.94. The lowest BCUT2D eigenvalue weighted by atomic mass is 9.99. The minimum Gasteiger partial charge on any atom is -0.381 e. The van der Waals surface area contributed by atoms with Crippen LogP contribution in [0.15, 0.2) is 36.5 Å². The Morgan fingerprint density at radius 2 is 1.69 bits per heavy atom. The Morgan fingerprint density at radius 3 is 2.49 bits per heavy atom. The summed E-state index contributed by atoms with van der Waals surface area (Å²) in [5.41, 5.74) is 1.85. The number of nitrogens with zero attached hydrogens (tertiary/aromatic N) is 6. The van der Waals surface area contributed by atoms with E-state index in [1.54, 1.807) is 0 Å². The number of hydrogen-bond donors (Lipinski definition) is 0. The van der Waals surface area contributed by atoms with Gasteiger partial charge in [0, 0.05) is 51.2 Å². The number of ether oxygens (including phenoxy) is 1. The molecule has 6 rings (SSSR count). The smallest absolute Gasteiger partial charge is 0.225 e. The van der Waals surface area contributed by atoms with Crippen LogP contribution in [-0.4, -0.2) is 69.9 Å². The largest absolute Gasteiger partial charge is 0.381 e. The van der Waals surface area contributed by atoms with E-state index in [9.17, 15) is 4.79 Å². The first-order valence-corrected chi connectivity index (χ1v) is 13.2. The number of anilines is 1. The van der Waals surface area contributed by atoms with Crippen LogP contribution in [0.2, 0.25) is 0 Å². The van der Waals surface area contributed by atoms with Gasteiger partial charge in [0.1, 0.15) is 11.6 Å². The summed E-state index contributed by atoms with van der Waals surface area (Å²) in [5, 5.41) is 5.70. The van der Waals surface area contributed by atoms with E-state index in [0.29, 0.717) is 11.8 Å². The lowest BCUT2D eigenvalue weighted by Crippen LogP contribution is -2.38. The van der Waals surface area contributed by atoms with Crippen molar-refractivity contribution < 1.29 is 9.53 Å². The third kappa shape index (κ3) is 4.51. The second-order valence-electron chi connectivity index (χ2n) is 10.1. The summed E-state index contributed by atoms with van der Waals surface area (Å²) < 4.78 is 7.53. The maximum atomic E-state index is 13.1. The molecular weight excluding hydrogens is 440 g/mol. The number of para-hydroxylation sites is 1. The van der Waals surface area contributed by atoms with E-state index in [0.717, 1.165) is 99.9 Å². The molecule has 1 aliphatic carbocycles. The fourth-order valence-electron chi connectivity index (χ4n) is 5.83. The minimum atomic E-state index is 0.233. The van der Waals surface area contributed by atoms with Crippen LogP contribution in [0.3, 0.4) is 0 Å². The molecule has 2 aliphatic heterocycles. The summed E-state index contributed by atoms with van der Waals surface area (Å²) in [5.74, 6) is 2.72. The van der Waals surface area contributed by atoms with Gasteiger partial charge in [-0.05, 0) is 44.2 Å². The first-order valence-electron chi connectivity index (χ1n) is 13.2. The van der Waals surface area contributed by atoms with Crippen LogP contribution in [0.5, 0.6) is 0 Å².